The Bertz CT molecular complexity index is 319. The van der Waals surface area contributed by atoms with Crippen LogP contribution in [0.1, 0.15) is 54.4 Å². The standard InChI is InChI=1S/C16H28O2/c1-9(2)7-14-8-10(3)11(4)15(12(5)17)16(14)13(6)18/h9-11,14-16H,7-8H2,1-6H3. The summed E-state index contributed by atoms with van der Waals surface area (Å²) >= 11 is 0. The lowest BCUT2D eigenvalue weighted by Crippen LogP contribution is -2.45. The van der Waals surface area contributed by atoms with Gasteiger partial charge in [0.1, 0.15) is 11.6 Å². The highest BCUT2D eigenvalue weighted by Gasteiger charge is 2.45. The number of carbonyl (C=O) groups excluding carboxylic acids is 2. The molecule has 0 saturated heterocycles. The highest BCUT2D eigenvalue weighted by Crippen LogP contribution is 2.45. The number of ketones is 2. The topological polar surface area (TPSA) is 34.1 Å². The molecule has 0 heterocycles. The SMILES string of the molecule is CC(=O)C1C(CC(C)C)CC(C)C(C)C1C(C)=O. The molecule has 2 nitrogen and oxygen atoms in total. The average molecular weight is 252 g/mol. The van der Waals surface area contributed by atoms with Crippen molar-refractivity contribution in [2.75, 3.05) is 0 Å². The molecule has 0 aromatic carbocycles. The van der Waals surface area contributed by atoms with E-state index < -0.39 is 0 Å². The monoisotopic (exact) mass is 252 g/mol. The third-order valence-electron chi connectivity index (χ3n) is 4.75. The summed E-state index contributed by atoms with van der Waals surface area (Å²) in [6, 6.07) is 0. The summed E-state index contributed by atoms with van der Waals surface area (Å²) in [5, 5.41) is 0. The van der Waals surface area contributed by atoms with Crippen LogP contribution in [0.5, 0.6) is 0 Å². The van der Waals surface area contributed by atoms with Gasteiger partial charge in [0.2, 0.25) is 0 Å². The maximum atomic E-state index is 12.0. The molecule has 0 aromatic heterocycles. The zero-order valence-corrected chi connectivity index (χ0v) is 12.7. The summed E-state index contributed by atoms with van der Waals surface area (Å²) < 4.78 is 0. The first kappa shape index (κ1) is 15.4. The molecule has 1 aliphatic carbocycles. The van der Waals surface area contributed by atoms with Crippen molar-refractivity contribution in [1.29, 1.82) is 0 Å². The minimum Gasteiger partial charge on any atom is -0.300 e. The highest BCUT2D eigenvalue weighted by molar-refractivity contribution is 5.88. The molecule has 18 heavy (non-hydrogen) atoms. The first-order valence-corrected chi connectivity index (χ1v) is 7.26. The minimum absolute atomic E-state index is 0.0453. The molecule has 104 valence electrons. The van der Waals surface area contributed by atoms with Crippen molar-refractivity contribution in [3.8, 4) is 0 Å². The molecule has 1 rings (SSSR count). The van der Waals surface area contributed by atoms with Gasteiger partial charge < -0.3 is 0 Å². The summed E-state index contributed by atoms with van der Waals surface area (Å²) in [7, 11) is 0. The van der Waals surface area contributed by atoms with Gasteiger partial charge in [-0.2, -0.15) is 0 Å². The average Bonchev–Trinajstić information content (AvgIpc) is 2.20. The van der Waals surface area contributed by atoms with Crippen LogP contribution in [0.25, 0.3) is 0 Å². The van der Waals surface area contributed by atoms with E-state index in [-0.39, 0.29) is 23.4 Å². The summed E-state index contributed by atoms with van der Waals surface area (Å²) in [4.78, 5) is 24.0. The zero-order valence-electron chi connectivity index (χ0n) is 12.7. The zero-order chi connectivity index (χ0) is 14.0. The van der Waals surface area contributed by atoms with Crippen molar-refractivity contribution in [2.45, 2.75) is 54.4 Å². The van der Waals surface area contributed by atoms with Gasteiger partial charge in [-0.15, -0.1) is 0 Å². The Kier molecular flexibility index (Phi) is 5.12. The van der Waals surface area contributed by atoms with E-state index in [0.29, 0.717) is 23.7 Å². The molecular weight excluding hydrogens is 224 g/mol. The molecule has 0 radical (unpaired) electrons. The van der Waals surface area contributed by atoms with Crippen LogP contribution in [0.2, 0.25) is 0 Å². The Morgan fingerprint density at radius 2 is 1.56 bits per heavy atom. The fraction of sp³-hybridized carbons (Fsp3) is 0.875. The summed E-state index contributed by atoms with van der Waals surface area (Å²) in [6.07, 6.45) is 2.15. The van der Waals surface area contributed by atoms with E-state index >= 15 is 0 Å². The number of hydrogen-bond acceptors (Lipinski definition) is 2. The van der Waals surface area contributed by atoms with Crippen LogP contribution < -0.4 is 0 Å². The van der Waals surface area contributed by atoms with Crippen LogP contribution in [-0.2, 0) is 9.59 Å². The predicted octanol–water partition coefficient (Wildman–Crippen LogP) is 3.74. The maximum absolute atomic E-state index is 12.0. The van der Waals surface area contributed by atoms with Crippen LogP contribution in [-0.4, -0.2) is 11.6 Å². The van der Waals surface area contributed by atoms with Crippen LogP contribution in [0.15, 0.2) is 0 Å². The van der Waals surface area contributed by atoms with Gasteiger partial charge in [0.15, 0.2) is 0 Å². The van der Waals surface area contributed by atoms with Gasteiger partial charge in [-0.3, -0.25) is 9.59 Å². The first-order valence-electron chi connectivity index (χ1n) is 7.26. The molecule has 0 amide bonds. The van der Waals surface area contributed by atoms with Crippen molar-refractivity contribution < 1.29 is 9.59 Å². The summed E-state index contributed by atoms with van der Waals surface area (Å²) in [6.45, 7) is 12.1. The van der Waals surface area contributed by atoms with Gasteiger partial charge in [-0.25, -0.2) is 0 Å². The van der Waals surface area contributed by atoms with Crippen LogP contribution >= 0.6 is 0 Å². The quantitative estimate of drug-likeness (QED) is 0.764. The molecule has 5 unspecified atom stereocenters. The second-order valence-electron chi connectivity index (χ2n) is 6.73. The van der Waals surface area contributed by atoms with Crippen molar-refractivity contribution in [3.05, 3.63) is 0 Å². The lowest BCUT2D eigenvalue weighted by Gasteiger charge is -2.44. The minimum atomic E-state index is -0.0602. The number of hydrogen-bond donors (Lipinski definition) is 0. The number of Topliss-reactive ketones (excluding diaryl/α,β-unsaturated/α-hetero) is 2. The molecule has 2 heteroatoms. The van der Waals surface area contributed by atoms with Gasteiger partial charge in [0.25, 0.3) is 0 Å². The van der Waals surface area contributed by atoms with Gasteiger partial charge >= 0.3 is 0 Å². The predicted molar refractivity (Wildman–Crippen MR) is 74.2 cm³/mol. The van der Waals surface area contributed by atoms with Crippen LogP contribution in [0.3, 0.4) is 0 Å². The molecule has 0 aromatic rings. The van der Waals surface area contributed by atoms with E-state index in [0.717, 1.165) is 12.8 Å². The Morgan fingerprint density at radius 1 is 1.06 bits per heavy atom. The van der Waals surface area contributed by atoms with E-state index in [1.54, 1.807) is 13.8 Å². The molecule has 5 atom stereocenters. The summed E-state index contributed by atoms with van der Waals surface area (Å²) in [5.41, 5.74) is 0. The van der Waals surface area contributed by atoms with Gasteiger partial charge in [-0.05, 0) is 50.4 Å². The van der Waals surface area contributed by atoms with Crippen molar-refractivity contribution >= 4 is 11.6 Å². The lowest BCUT2D eigenvalue weighted by atomic mass is 9.59. The van der Waals surface area contributed by atoms with Crippen molar-refractivity contribution in [3.63, 3.8) is 0 Å². The third kappa shape index (κ3) is 3.21. The second kappa shape index (κ2) is 5.99. The summed E-state index contributed by atoms with van der Waals surface area (Å²) in [5.74, 6) is 2.15. The lowest BCUT2D eigenvalue weighted by molar-refractivity contribution is -0.139. The van der Waals surface area contributed by atoms with Crippen molar-refractivity contribution in [2.24, 2.45) is 35.5 Å². The maximum Gasteiger partial charge on any atom is 0.133 e. The fourth-order valence-corrected chi connectivity index (χ4v) is 3.87. The highest BCUT2D eigenvalue weighted by atomic mass is 16.1. The van der Waals surface area contributed by atoms with E-state index in [4.69, 9.17) is 0 Å². The van der Waals surface area contributed by atoms with Crippen LogP contribution in [0, 0.1) is 35.5 Å². The molecule has 1 aliphatic rings. The Hall–Kier alpha value is -0.660. The van der Waals surface area contributed by atoms with E-state index in [1.807, 2.05) is 0 Å². The van der Waals surface area contributed by atoms with E-state index in [2.05, 4.69) is 27.7 Å². The molecule has 0 N–H and O–H groups in total. The molecule has 1 saturated carbocycles. The molecule has 0 bridgehead atoms. The molecule has 0 aliphatic heterocycles. The van der Waals surface area contributed by atoms with Gasteiger partial charge in [0, 0.05) is 11.8 Å². The number of carbonyl (C=O) groups is 2. The molecule has 1 fully saturated rings. The Labute approximate surface area is 112 Å². The second-order valence-corrected chi connectivity index (χ2v) is 6.73. The van der Waals surface area contributed by atoms with E-state index in [1.165, 1.54) is 0 Å². The first-order chi connectivity index (χ1) is 8.25. The fourth-order valence-electron chi connectivity index (χ4n) is 3.87. The third-order valence-corrected chi connectivity index (χ3v) is 4.75. The van der Waals surface area contributed by atoms with Gasteiger partial charge in [-0.1, -0.05) is 27.7 Å². The van der Waals surface area contributed by atoms with Gasteiger partial charge in [0.05, 0.1) is 0 Å². The molecular formula is C16H28O2. The van der Waals surface area contributed by atoms with E-state index in [9.17, 15) is 9.59 Å². The van der Waals surface area contributed by atoms with Crippen LogP contribution in [0.4, 0.5) is 0 Å². The largest absolute Gasteiger partial charge is 0.300 e. The smallest absolute Gasteiger partial charge is 0.133 e. The van der Waals surface area contributed by atoms with Crippen molar-refractivity contribution in [1.82, 2.24) is 0 Å². The Morgan fingerprint density at radius 3 is 1.94 bits per heavy atom. The Balaban J connectivity index is 3.03. The normalized spacial score (nSPS) is 36.7. The number of rotatable bonds is 4. The molecule has 0 spiro atoms.